The highest BCUT2D eigenvalue weighted by molar-refractivity contribution is 4.98. The van der Waals surface area contributed by atoms with Crippen molar-refractivity contribution in [2.45, 2.75) is 434 Å². The first-order chi connectivity index (χ1) is 55.5. The van der Waals surface area contributed by atoms with Crippen molar-refractivity contribution >= 4 is 0 Å². The smallest absolute Gasteiger partial charge is 0.187 e. The number of nitrogens with zero attached hydrogens (tertiary/aromatic N) is 6. The van der Waals surface area contributed by atoms with Gasteiger partial charge in [-0.05, 0) is 37.5 Å². The highest BCUT2D eigenvalue weighted by Crippen LogP contribution is 2.34. The van der Waals surface area contributed by atoms with E-state index in [1.165, 1.54) is 180 Å². The lowest BCUT2D eigenvalue weighted by Gasteiger charge is -2.46. The molecule has 114 heavy (non-hydrogen) atoms. The number of aromatic nitrogens is 6. The van der Waals surface area contributed by atoms with Crippen LogP contribution in [0.1, 0.15) is 296 Å². The van der Waals surface area contributed by atoms with Crippen molar-refractivity contribution in [1.82, 2.24) is 30.0 Å². The van der Waals surface area contributed by atoms with Crippen molar-refractivity contribution in [3.63, 3.8) is 0 Å². The van der Waals surface area contributed by atoms with Gasteiger partial charge in [-0.1, -0.05) is 269 Å². The summed E-state index contributed by atoms with van der Waals surface area (Å²) in [5.41, 5.74) is 0.886. The van der Waals surface area contributed by atoms with E-state index in [1.54, 1.807) is 21.8 Å². The first kappa shape index (κ1) is 100. The van der Waals surface area contributed by atoms with E-state index < -0.39 is 136 Å². The SMILES string of the molecule is CCCCCCCCCCCCC(CCCCCCCCCC)CO[C@@H]1O[C@H](CO)[C@@H](O[C@@H]2O[C@H](COCc3cn(CCOCCOCCn4cc(COC[C@H]5O[C@@H](O[C@H]6[C@H](O)[C@@H](O)[C@H](OCC(CCCCCCCCCC)CCCCCCCCCCCC)O[C@@H]6CO)[C@H](O)[C@@H](O)[C@H]5O)nn4)nn3)[C@H](O)[C@H](O)[C@H]2O)[C@H](O)[C@H]1O. The molecule has 30 heteroatoms. The molecule has 2 aromatic heterocycles. The number of rotatable bonds is 69. The van der Waals surface area contributed by atoms with Gasteiger partial charge in [0, 0.05) is 0 Å². The van der Waals surface area contributed by atoms with Crippen LogP contribution in [0.3, 0.4) is 0 Å². The normalized spacial score (nSPS) is 28.7. The van der Waals surface area contributed by atoms with E-state index >= 15 is 0 Å². The molecule has 0 saturated carbocycles. The largest absolute Gasteiger partial charge is 0.394 e. The Labute approximate surface area is 680 Å². The third kappa shape index (κ3) is 37.8. The molecule has 0 radical (unpaired) electrons. The molecule has 4 saturated heterocycles. The molecule has 30 nitrogen and oxygen atoms in total. The summed E-state index contributed by atoms with van der Waals surface area (Å²) in [5.74, 6) is 0.459. The Morgan fingerprint density at radius 1 is 0.325 bits per heavy atom. The lowest BCUT2D eigenvalue weighted by molar-refractivity contribution is -0.360. The molecular weight excluding hydrogens is 1480 g/mol. The van der Waals surface area contributed by atoms with Crippen LogP contribution in [0.4, 0.5) is 0 Å². The van der Waals surface area contributed by atoms with Crippen molar-refractivity contribution in [2.75, 3.05) is 66.1 Å². The van der Waals surface area contributed by atoms with E-state index in [0.717, 1.165) is 77.0 Å². The summed E-state index contributed by atoms with van der Waals surface area (Å²) in [5, 5.41) is 149. The first-order valence-corrected chi connectivity index (χ1v) is 44.8. The maximum Gasteiger partial charge on any atom is 0.187 e. The Balaban J connectivity index is 0.841. The number of ether oxygens (including phenoxy) is 12. The lowest BCUT2D eigenvalue weighted by atomic mass is 9.94. The van der Waals surface area contributed by atoms with Crippen molar-refractivity contribution in [1.29, 1.82) is 0 Å². The fourth-order valence-electron chi connectivity index (χ4n) is 15.6. The third-order valence-electron chi connectivity index (χ3n) is 23.0. The number of aliphatic hydroxyl groups is 12. The van der Waals surface area contributed by atoms with Crippen LogP contribution in [0.5, 0.6) is 0 Å². The predicted molar refractivity (Wildman–Crippen MR) is 426 cm³/mol. The number of hydrogen-bond acceptors (Lipinski definition) is 28. The fraction of sp³-hybridized carbons (Fsp3) is 0.952. The maximum absolute atomic E-state index is 11.5. The van der Waals surface area contributed by atoms with Crippen molar-refractivity contribution in [3.8, 4) is 0 Å². The highest BCUT2D eigenvalue weighted by atomic mass is 16.8. The number of unbranched alkanes of at least 4 members (excludes halogenated alkanes) is 32. The zero-order chi connectivity index (χ0) is 81.9. The van der Waals surface area contributed by atoms with Crippen molar-refractivity contribution in [2.24, 2.45) is 11.8 Å². The number of aliphatic hydroxyl groups excluding tert-OH is 12. The van der Waals surface area contributed by atoms with E-state index in [9.17, 15) is 61.3 Å². The van der Waals surface area contributed by atoms with Crippen LogP contribution in [0.2, 0.25) is 0 Å². The van der Waals surface area contributed by atoms with Gasteiger partial charge in [-0.3, -0.25) is 0 Å². The van der Waals surface area contributed by atoms with Gasteiger partial charge in [0.05, 0.1) is 105 Å². The summed E-state index contributed by atoms with van der Waals surface area (Å²) >= 11 is 0. The van der Waals surface area contributed by atoms with Crippen LogP contribution < -0.4 is 0 Å². The molecule has 0 aliphatic carbocycles. The molecule has 12 N–H and O–H groups in total. The molecule has 22 atom stereocenters. The van der Waals surface area contributed by atoms with E-state index in [4.69, 9.17) is 56.8 Å². The highest BCUT2D eigenvalue weighted by Gasteiger charge is 2.53. The predicted octanol–water partition coefficient (Wildman–Crippen LogP) is 8.85. The van der Waals surface area contributed by atoms with Crippen LogP contribution in [-0.4, -0.2) is 280 Å². The second kappa shape index (κ2) is 60.7. The minimum absolute atomic E-state index is 0.0603. The molecule has 2 unspecified atom stereocenters. The Kier molecular flexibility index (Phi) is 53.4. The van der Waals surface area contributed by atoms with Crippen LogP contribution in [-0.2, 0) is 83.1 Å². The van der Waals surface area contributed by atoms with Gasteiger partial charge in [0.1, 0.15) is 109 Å². The molecule has 0 spiro atoms. The van der Waals surface area contributed by atoms with Gasteiger partial charge in [-0.15, -0.1) is 10.2 Å². The van der Waals surface area contributed by atoms with Gasteiger partial charge in [0.25, 0.3) is 0 Å². The first-order valence-electron chi connectivity index (χ1n) is 44.8. The van der Waals surface area contributed by atoms with E-state index in [0.29, 0.717) is 37.7 Å². The van der Waals surface area contributed by atoms with Gasteiger partial charge >= 0.3 is 0 Å². The molecule has 6 rings (SSSR count). The van der Waals surface area contributed by atoms with E-state index in [-0.39, 0.29) is 64.7 Å². The minimum Gasteiger partial charge on any atom is -0.394 e. The molecule has 6 heterocycles. The molecule has 4 aliphatic rings. The summed E-state index contributed by atoms with van der Waals surface area (Å²) in [6, 6.07) is 0. The van der Waals surface area contributed by atoms with Gasteiger partial charge < -0.3 is 118 Å². The summed E-state index contributed by atoms with van der Waals surface area (Å²) in [7, 11) is 0. The van der Waals surface area contributed by atoms with Crippen LogP contribution in [0, 0.1) is 11.8 Å². The maximum atomic E-state index is 11.5. The van der Waals surface area contributed by atoms with E-state index in [1.807, 2.05) is 0 Å². The Bertz CT molecular complexity index is 2440. The monoisotopic (exact) mass is 1630 g/mol. The Morgan fingerprint density at radius 3 is 0.904 bits per heavy atom. The van der Waals surface area contributed by atoms with Gasteiger partial charge in [-0.25, -0.2) is 9.36 Å². The van der Waals surface area contributed by atoms with Crippen LogP contribution in [0.25, 0.3) is 0 Å². The van der Waals surface area contributed by atoms with Gasteiger partial charge in [-0.2, -0.15) is 0 Å². The van der Waals surface area contributed by atoms with Crippen molar-refractivity contribution < 1.29 is 118 Å². The summed E-state index contributed by atoms with van der Waals surface area (Å²) in [6.07, 6.45) is 21.5. The molecule has 0 bridgehead atoms. The standard InChI is InChI=1S/C84H156N6O24/c1-5-9-13-17-21-25-27-31-35-39-43-61(41-37-33-29-23-19-15-11-7-3)55-107-81-77(101)73(97)79(65(53-91)109-81)113-83-75(99)71(95)69(93)67(111-83)59-105-57-63-51-89(87-85-63)45-47-103-49-50-104-48-46-90-52-64(86-88-90)58-106-60-68-70(94)72(96)76(100)84(112-68)114-80-66(54-92)110-82(78(102)74(80)98)108-56-62(42-38-34-30-24-20-16-12-8-4)44-40-36-32-28-26-22-18-14-10-6-2/h51-52,61-62,65-84,91-102H,5-50,53-60H2,1-4H3/t61?,62?,65-,66-,67-,68-,69+,70+,71+,72+,73-,74-,75-,76-,77-,78-,79-,80-,81-,82-,83+,84+/m1/s1. The molecule has 4 aliphatic heterocycles. The molecule has 4 fully saturated rings. The summed E-state index contributed by atoms with van der Waals surface area (Å²) < 4.78 is 74.6. The van der Waals surface area contributed by atoms with Crippen LogP contribution in [0.15, 0.2) is 12.4 Å². The summed E-state index contributed by atoms with van der Waals surface area (Å²) in [6.45, 7) is 9.45. The van der Waals surface area contributed by atoms with Crippen LogP contribution >= 0.6 is 0 Å². The van der Waals surface area contributed by atoms with Crippen molar-refractivity contribution in [3.05, 3.63) is 23.8 Å². The molecule has 666 valence electrons. The number of hydrogen-bond donors (Lipinski definition) is 12. The molecule has 0 aromatic carbocycles. The zero-order valence-electron chi connectivity index (χ0n) is 70.0. The second-order valence-electron chi connectivity index (χ2n) is 32.7. The quantitative estimate of drug-likeness (QED) is 0.0275. The average Bonchev–Trinajstić information content (AvgIpc) is 0.840. The topological polar surface area (TPSA) is 415 Å². The fourth-order valence-corrected chi connectivity index (χ4v) is 15.6. The van der Waals surface area contributed by atoms with Gasteiger partial charge in [0.15, 0.2) is 25.2 Å². The molecular formula is C84H156N6O24. The lowest BCUT2D eigenvalue weighted by Crippen LogP contribution is -2.64. The average molecular weight is 1630 g/mol. The zero-order valence-corrected chi connectivity index (χ0v) is 70.0. The Morgan fingerprint density at radius 2 is 0.605 bits per heavy atom. The second-order valence-corrected chi connectivity index (χ2v) is 32.7. The van der Waals surface area contributed by atoms with E-state index in [2.05, 4.69) is 48.3 Å². The Hall–Kier alpha value is -2.68. The van der Waals surface area contributed by atoms with Gasteiger partial charge in [0.2, 0.25) is 0 Å². The molecule has 0 amide bonds. The molecule has 2 aromatic rings. The third-order valence-corrected chi connectivity index (χ3v) is 23.0. The minimum atomic E-state index is -1.78. The summed E-state index contributed by atoms with van der Waals surface area (Å²) in [4.78, 5) is 0.